The summed E-state index contributed by atoms with van der Waals surface area (Å²) in [5.41, 5.74) is 5.76. The van der Waals surface area contributed by atoms with Crippen molar-refractivity contribution in [2.75, 3.05) is 14.1 Å². The SMILES string of the molecule is C/C(=C\[C@H](C(C)C)N(C)C(=O)[C@@H](NC(=O)[C@@H](N(C)C(=O)OC(C)(C)C)C(C)(C)c1ccccc1)C(C)(C)C)C(=O)NS(=O)(=O)Cc1ccc(C2(N)CC2)cc1. The lowest BCUT2D eigenvalue weighted by molar-refractivity contribution is -0.141. The van der Waals surface area contributed by atoms with Crippen molar-refractivity contribution in [2.24, 2.45) is 17.1 Å². The molecule has 3 atom stereocenters. The third kappa shape index (κ3) is 11.9. The average Bonchev–Trinajstić information content (AvgIpc) is 3.82. The Morgan fingerprint density at radius 1 is 0.891 bits per heavy atom. The summed E-state index contributed by atoms with van der Waals surface area (Å²) in [5.74, 6) is -2.39. The number of hydrogen-bond acceptors (Lipinski definition) is 8. The van der Waals surface area contributed by atoms with Gasteiger partial charge in [-0.15, -0.1) is 0 Å². The number of amides is 4. The first-order valence-corrected chi connectivity index (χ1v) is 20.4. The van der Waals surface area contributed by atoms with Gasteiger partial charge < -0.3 is 20.7 Å². The minimum absolute atomic E-state index is 0.107. The number of nitrogens with zero attached hydrogens (tertiary/aromatic N) is 2. The van der Waals surface area contributed by atoms with Crippen molar-refractivity contribution < 1.29 is 32.3 Å². The number of rotatable bonds is 14. The van der Waals surface area contributed by atoms with Gasteiger partial charge in [-0.05, 0) is 68.6 Å². The maximum Gasteiger partial charge on any atom is 0.410 e. The second-order valence-corrected chi connectivity index (χ2v) is 19.7. The number of likely N-dealkylation sites (N-methyl/N-ethyl adjacent to an activating group) is 2. The molecule has 3 rings (SSSR count). The molecule has 55 heavy (non-hydrogen) atoms. The van der Waals surface area contributed by atoms with Crippen LogP contribution < -0.4 is 15.8 Å². The Kier molecular flexibility index (Phi) is 13.9. The molecular formula is C42H63N5O7S. The normalized spacial score (nSPS) is 16.4. The number of ether oxygens (including phenoxy) is 1. The van der Waals surface area contributed by atoms with Crippen LogP contribution in [0.4, 0.5) is 4.79 Å². The maximum absolute atomic E-state index is 14.5. The molecule has 0 bridgehead atoms. The number of sulfonamides is 1. The van der Waals surface area contributed by atoms with Crippen LogP contribution in [0.5, 0.6) is 0 Å². The summed E-state index contributed by atoms with van der Waals surface area (Å²) in [6.07, 6.45) is 2.65. The van der Waals surface area contributed by atoms with Crippen molar-refractivity contribution in [3.8, 4) is 0 Å². The van der Waals surface area contributed by atoms with Crippen LogP contribution in [0, 0.1) is 11.3 Å². The highest BCUT2D eigenvalue weighted by molar-refractivity contribution is 7.89. The molecule has 4 amide bonds. The van der Waals surface area contributed by atoms with Gasteiger partial charge in [0, 0.05) is 30.6 Å². The van der Waals surface area contributed by atoms with Crippen molar-refractivity contribution in [1.29, 1.82) is 0 Å². The van der Waals surface area contributed by atoms with Gasteiger partial charge in [-0.25, -0.2) is 17.9 Å². The number of benzene rings is 2. The van der Waals surface area contributed by atoms with E-state index in [-0.39, 0.29) is 17.0 Å². The second kappa shape index (κ2) is 16.9. The first-order valence-electron chi connectivity index (χ1n) is 18.8. The standard InChI is InChI=1S/C42H63N5O7S/c1-27(2)32(25-28(3)35(48)45-55(52,53)26-29-19-21-31(22-20-29)42(43)23-24-42)46(12)37(50)33(39(4,5)6)44-36(49)34(47(13)38(51)54-40(7,8)9)41(10,11)30-17-15-14-16-18-30/h14-22,25,27,32-34H,23-24,26,43H2,1-13H3,(H,44,49)(H,45,48)/b28-25+/t32-,33-,34-/m1/s1. The van der Waals surface area contributed by atoms with E-state index in [1.54, 1.807) is 46.0 Å². The van der Waals surface area contributed by atoms with Gasteiger partial charge in [0.05, 0.1) is 11.8 Å². The summed E-state index contributed by atoms with van der Waals surface area (Å²) >= 11 is 0. The highest BCUT2D eigenvalue weighted by Crippen LogP contribution is 2.42. The molecule has 2 aromatic carbocycles. The van der Waals surface area contributed by atoms with Gasteiger partial charge in [0.2, 0.25) is 21.8 Å². The molecular weight excluding hydrogens is 719 g/mol. The Balaban J connectivity index is 1.87. The van der Waals surface area contributed by atoms with E-state index in [4.69, 9.17) is 10.5 Å². The van der Waals surface area contributed by atoms with Crippen LogP contribution in [-0.4, -0.2) is 79.9 Å². The zero-order valence-electron chi connectivity index (χ0n) is 34.9. The Bertz CT molecular complexity index is 1840. The minimum atomic E-state index is -4.05. The van der Waals surface area contributed by atoms with E-state index in [0.717, 1.165) is 24.0 Å². The lowest BCUT2D eigenvalue weighted by Crippen LogP contribution is -2.63. The average molecular weight is 782 g/mol. The van der Waals surface area contributed by atoms with Crippen LogP contribution in [0.3, 0.4) is 0 Å². The molecule has 0 unspecified atom stereocenters. The van der Waals surface area contributed by atoms with Gasteiger partial charge in [0.15, 0.2) is 0 Å². The number of carbonyl (C=O) groups excluding carboxylic acids is 4. The number of nitrogens with two attached hydrogens (primary N) is 1. The highest BCUT2D eigenvalue weighted by Gasteiger charge is 2.46. The predicted molar refractivity (Wildman–Crippen MR) is 216 cm³/mol. The zero-order chi connectivity index (χ0) is 41.9. The summed E-state index contributed by atoms with van der Waals surface area (Å²) in [7, 11) is -0.951. The summed E-state index contributed by atoms with van der Waals surface area (Å²) in [4.78, 5) is 58.4. The smallest absolute Gasteiger partial charge is 0.410 e. The van der Waals surface area contributed by atoms with Crippen LogP contribution in [0.15, 0.2) is 66.2 Å². The molecule has 12 nitrogen and oxygen atoms in total. The number of hydrogen-bond donors (Lipinski definition) is 3. The fraction of sp³-hybridized carbons (Fsp3) is 0.571. The Labute approximate surface area is 328 Å². The van der Waals surface area contributed by atoms with Crippen molar-refractivity contribution in [2.45, 2.75) is 129 Å². The predicted octanol–water partition coefficient (Wildman–Crippen LogP) is 5.75. The van der Waals surface area contributed by atoms with Crippen molar-refractivity contribution >= 4 is 33.8 Å². The minimum Gasteiger partial charge on any atom is -0.444 e. The number of nitrogens with one attached hydrogen (secondary N) is 2. The first-order chi connectivity index (χ1) is 25.1. The molecule has 1 fully saturated rings. The topological polar surface area (TPSA) is 168 Å². The summed E-state index contributed by atoms with van der Waals surface area (Å²) < 4.78 is 33.9. The quantitative estimate of drug-likeness (QED) is 0.204. The van der Waals surface area contributed by atoms with Gasteiger partial charge in [-0.2, -0.15) is 0 Å². The van der Waals surface area contributed by atoms with Gasteiger partial charge in [0.1, 0.15) is 17.7 Å². The lowest BCUT2D eigenvalue weighted by Gasteiger charge is -2.42. The molecule has 1 aliphatic rings. The number of carbonyl (C=O) groups is 4. The van der Waals surface area contributed by atoms with Crippen LogP contribution in [0.1, 0.15) is 106 Å². The molecule has 0 aromatic heterocycles. The summed E-state index contributed by atoms with van der Waals surface area (Å²) in [5, 5.41) is 2.99. The van der Waals surface area contributed by atoms with Crippen molar-refractivity contribution in [3.05, 3.63) is 82.9 Å². The molecule has 2 aromatic rings. The lowest BCUT2D eigenvalue weighted by atomic mass is 9.76. The van der Waals surface area contributed by atoms with E-state index in [0.29, 0.717) is 5.56 Å². The van der Waals surface area contributed by atoms with Crippen LogP contribution >= 0.6 is 0 Å². The first kappa shape index (κ1) is 45.2. The largest absolute Gasteiger partial charge is 0.444 e. The Morgan fingerprint density at radius 3 is 1.91 bits per heavy atom. The monoisotopic (exact) mass is 781 g/mol. The molecule has 1 saturated carbocycles. The molecule has 0 radical (unpaired) electrons. The molecule has 13 heteroatoms. The van der Waals surface area contributed by atoms with Crippen molar-refractivity contribution in [1.82, 2.24) is 19.8 Å². The molecule has 1 aliphatic carbocycles. The van der Waals surface area contributed by atoms with E-state index in [1.807, 2.05) is 90.9 Å². The summed E-state index contributed by atoms with van der Waals surface area (Å²) in [6.45, 7) is 19.7. The fourth-order valence-corrected chi connectivity index (χ4v) is 7.74. The van der Waals surface area contributed by atoms with Crippen LogP contribution in [-0.2, 0) is 45.9 Å². The Hall–Kier alpha value is -4.23. The van der Waals surface area contributed by atoms with E-state index in [9.17, 15) is 27.6 Å². The molecule has 4 N–H and O–H groups in total. The van der Waals surface area contributed by atoms with Gasteiger partial charge in [0.25, 0.3) is 5.91 Å². The van der Waals surface area contributed by atoms with Gasteiger partial charge in [-0.1, -0.05) is 109 Å². The molecule has 0 aliphatic heterocycles. The maximum atomic E-state index is 14.5. The van der Waals surface area contributed by atoms with E-state index < -0.39 is 74.1 Å². The van der Waals surface area contributed by atoms with E-state index in [2.05, 4.69) is 10.0 Å². The van der Waals surface area contributed by atoms with E-state index >= 15 is 0 Å². The van der Waals surface area contributed by atoms with Gasteiger partial charge >= 0.3 is 6.09 Å². The second-order valence-electron chi connectivity index (χ2n) is 18.0. The highest BCUT2D eigenvalue weighted by atomic mass is 32.2. The Morgan fingerprint density at radius 2 is 1.44 bits per heavy atom. The summed E-state index contributed by atoms with van der Waals surface area (Å²) in [6, 6.07) is 13.6. The molecule has 0 spiro atoms. The molecule has 304 valence electrons. The third-order valence-corrected chi connectivity index (χ3v) is 11.3. The molecule has 0 heterocycles. The van der Waals surface area contributed by atoms with Crippen LogP contribution in [0.2, 0.25) is 0 Å². The van der Waals surface area contributed by atoms with Gasteiger partial charge in [-0.3, -0.25) is 19.3 Å². The van der Waals surface area contributed by atoms with Crippen molar-refractivity contribution in [3.63, 3.8) is 0 Å². The third-order valence-electron chi connectivity index (χ3n) is 10.1. The molecule has 0 saturated heterocycles. The fourth-order valence-electron chi connectivity index (χ4n) is 6.59. The van der Waals surface area contributed by atoms with E-state index in [1.165, 1.54) is 23.8 Å². The van der Waals surface area contributed by atoms with Crippen LogP contribution in [0.25, 0.3) is 0 Å². The zero-order valence-corrected chi connectivity index (χ0v) is 35.8.